The van der Waals surface area contributed by atoms with Crippen LogP contribution in [0.1, 0.15) is 26.9 Å². The summed E-state index contributed by atoms with van der Waals surface area (Å²) >= 11 is 3.93. The monoisotopic (exact) mass is 389 g/mol. The Kier molecular flexibility index (Phi) is 6.46. The molecule has 1 heterocycles. The number of benzene rings is 2. The molecule has 0 radical (unpaired) electrons. The van der Waals surface area contributed by atoms with Crippen LogP contribution in [0.2, 0.25) is 0 Å². The number of carbonyl (C=O) groups excluding carboxylic acids is 1. The Balaban J connectivity index is 1.48. The molecule has 26 heavy (non-hydrogen) atoms. The normalized spacial score (nSPS) is 14.6. The zero-order valence-corrected chi connectivity index (χ0v) is 15.6. The summed E-state index contributed by atoms with van der Waals surface area (Å²) in [5.41, 5.74) is 1.98. The van der Waals surface area contributed by atoms with E-state index >= 15 is 0 Å². The van der Waals surface area contributed by atoms with Gasteiger partial charge in [-0.05, 0) is 59.9 Å². The molecule has 0 aromatic heterocycles. The van der Waals surface area contributed by atoms with E-state index in [0.29, 0.717) is 16.0 Å². The molecule has 0 saturated carbocycles. The van der Waals surface area contributed by atoms with Crippen molar-refractivity contribution in [1.82, 2.24) is 0 Å². The largest absolute Gasteiger partial charge is 0.484 e. The molecular weight excluding hydrogens is 370 g/mol. The number of anilines is 1. The Morgan fingerprint density at radius 1 is 1.04 bits per heavy atom. The van der Waals surface area contributed by atoms with E-state index < -0.39 is 5.97 Å². The predicted octanol–water partition coefficient (Wildman–Crippen LogP) is 4.27. The van der Waals surface area contributed by atoms with Crippen LogP contribution < -0.4 is 10.1 Å². The van der Waals surface area contributed by atoms with Gasteiger partial charge in [-0.25, -0.2) is 4.79 Å². The lowest BCUT2D eigenvalue weighted by atomic mass is 10.2. The maximum atomic E-state index is 12.0. The molecule has 2 N–H and O–H groups in total. The first kappa shape index (κ1) is 18.7. The van der Waals surface area contributed by atoms with Crippen LogP contribution in [0.15, 0.2) is 48.5 Å². The molecular formula is C19H19NO4S2. The van der Waals surface area contributed by atoms with E-state index in [4.69, 9.17) is 9.84 Å². The number of aromatic carboxylic acids is 1. The molecule has 1 aliphatic rings. The molecule has 0 aliphatic carbocycles. The van der Waals surface area contributed by atoms with Gasteiger partial charge in [0, 0.05) is 5.69 Å². The van der Waals surface area contributed by atoms with Crippen molar-refractivity contribution in [2.45, 2.75) is 11.0 Å². The molecule has 0 bridgehead atoms. The molecule has 0 unspecified atom stereocenters. The Hall–Kier alpha value is -2.12. The molecule has 3 rings (SSSR count). The fourth-order valence-corrected chi connectivity index (χ4v) is 5.34. The summed E-state index contributed by atoms with van der Waals surface area (Å²) in [6.07, 6.45) is 1.27. The summed E-state index contributed by atoms with van der Waals surface area (Å²) < 4.78 is 6.01. The molecule has 7 heteroatoms. The number of ether oxygens (including phenoxy) is 1. The van der Waals surface area contributed by atoms with Gasteiger partial charge in [0.1, 0.15) is 5.75 Å². The molecule has 136 valence electrons. The Morgan fingerprint density at radius 2 is 1.69 bits per heavy atom. The highest BCUT2D eigenvalue weighted by molar-refractivity contribution is 8.16. The Bertz CT molecular complexity index is 756. The zero-order chi connectivity index (χ0) is 18.4. The second-order valence-electron chi connectivity index (χ2n) is 5.72. The molecule has 1 saturated heterocycles. The lowest BCUT2D eigenvalue weighted by Crippen LogP contribution is -2.20. The van der Waals surface area contributed by atoms with E-state index in [2.05, 4.69) is 5.32 Å². The quantitative estimate of drug-likeness (QED) is 0.768. The average molecular weight is 389 g/mol. The van der Waals surface area contributed by atoms with Crippen molar-refractivity contribution in [2.75, 3.05) is 23.4 Å². The number of thioether (sulfide) groups is 2. The number of carbonyl (C=O) groups is 2. The summed E-state index contributed by atoms with van der Waals surface area (Å²) in [6, 6.07) is 13.9. The number of amides is 1. The van der Waals surface area contributed by atoms with Gasteiger partial charge in [-0.3, -0.25) is 4.79 Å². The van der Waals surface area contributed by atoms with Crippen LogP contribution in [0.3, 0.4) is 0 Å². The van der Waals surface area contributed by atoms with Gasteiger partial charge >= 0.3 is 5.97 Å². The number of rotatable bonds is 6. The molecule has 0 atom stereocenters. The van der Waals surface area contributed by atoms with Crippen molar-refractivity contribution in [3.05, 3.63) is 59.7 Å². The maximum absolute atomic E-state index is 12.0. The number of carboxylic acids is 1. The Labute approximate surface area is 160 Å². The summed E-state index contributed by atoms with van der Waals surface area (Å²) in [6.45, 7) is -0.104. The molecule has 5 nitrogen and oxygen atoms in total. The zero-order valence-electron chi connectivity index (χ0n) is 14.0. The van der Waals surface area contributed by atoms with Crippen molar-refractivity contribution < 1.29 is 19.4 Å². The first-order valence-electron chi connectivity index (χ1n) is 8.21. The van der Waals surface area contributed by atoms with Crippen molar-refractivity contribution in [3.8, 4) is 5.75 Å². The van der Waals surface area contributed by atoms with E-state index in [1.165, 1.54) is 35.6 Å². The fraction of sp³-hybridized carbons (Fsp3) is 0.263. The van der Waals surface area contributed by atoms with Gasteiger partial charge in [0.2, 0.25) is 0 Å². The SMILES string of the molecule is O=C(COc1ccc(C2SCCCS2)cc1)Nc1ccc(C(=O)O)cc1. The van der Waals surface area contributed by atoms with Crippen molar-refractivity contribution in [3.63, 3.8) is 0 Å². The van der Waals surface area contributed by atoms with Gasteiger partial charge in [-0.15, -0.1) is 23.5 Å². The van der Waals surface area contributed by atoms with E-state index in [1.807, 2.05) is 47.8 Å². The fourth-order valence-electron chi connectivity index (χ4n) is 2.44. The summed E-state index contributed by atoms with van der Waals surface area (Å²) in [5, 5.41) is 11.5. The second kappa shape index (κ2) is 9.00. The minimum atomic E-state index is -1.00. The number of nitrogens with one attached hydrogen (secondary N) is 1. The van der Waals surface area contributed by atoms with Gasteiger partial charge in [0.15, 0.2) is 6.61 Å². The van der Waals surface area contributed by atoms with Crippen molar-refractivity contribution in [1.29, 1.82) is 0 Å². The predicted molar refractivity (Wildman–Crippen MR) is 106 cm³/mol. The van der Waals surface area contributed by atoms with Crippen molar-refractivity contribution >= 4 is 41.1 Å². The minimum Gasteiger partial charge on any atom is -0.484 e. The van der Waals surface area contributed by atoms with E-state index in [1.54, 1.807) is 12.1 Å². The van der Waals surface area contributed by atoms with Crippen molar-refractivity contribution in [2.24, 2.45) is 0 Å². The van der Waals surface area contributed by atoms with Gasteiger partial charge in [-0.1, -0.05) is 12.1 Å². The third kappa shape index (κ3) is 5.19. The highest BCUT2D eigenvalue weighted by Gasteiger charge is 2.16. The van der Waals surface area contributed by atoms with Crippen LogP contribution in [0.5, 0.6) is 5.75 Å². The highest BCUT2D eigenvalue weighted by atomic mass is 32.2. The van der Waals surface area contributed by atoms with Gasteiger partial charge < -0.3 is 15.2 Å². The first-order valence-corrected chi connectivity index (χ1v) is 10.3. The summed E-state index contributed by atoms with van der Waals surface area (Å²) in [4.78, 5) is 22.8. The lowest BCUT2D eigenvalue weighted by Gasteiger charge is -2.21. The third-order valence-corrected chi connectivity index (χ3v) is 6.78. The molecule has 0 spiro atoms. The van der Waals surface area contributed by atoms with Crippen LogP contribution in [0.4, 0.5) is 5.69 Å². The second-order valence-corrected chi connectivity index (χ2v) is 8.44. The van der Waals surface area contributed by atoms with Gasteiger partial charge in [0.25, 0.3) is 5.91 Å². The van der Waals surface area contributed by atoms with Crippen LogP contribution in [-0.4, -0.2) is 35.1 Å². The molecule has 1 aliphatic heterocycles. The average Bonchev–Trinajstić information content (AvgIpc) is 2.68. The van der Waals surface area contributed by atoms with Crippen LogP contribution >= 0.6 is 23.5 Å². The van der Waals surface area contributed by atoms with Gasteiger partial charge in [-0.2, -0.15) is 0 Å². The lowest BCUT2D eigenvalue weighted by molar-refractivity contribution is -0.118. The summed E-state index contributed by atoms with van der Waals surface area (Å²) in [5.74, 6) is 1.75. The van der Waals surface area contributed by atoms with Gasteiger partial charge in [0.05, 0.1) is 10.1 Å². The minimum absolute atomic E-state index is 0.104. The number of hydrogen-bond acceptors (Lipinski definition) is 5. The van der Waals surface area contributed by atoms with Crippen LogP contribution in [0.25, 0.3) is 0 Å². The van der Waals surface area contributed by atoms with Crippen LogP contribution in [0, 0.1) is 0 Å². The Morgan fingerprint density at radius 3 is 2.31 bits per heavy atom. The van der Waals surface area contributed by atoms with Crippen LogP contribution in [-0.2, 0) is 4.79 Å². The highest BCUT2D eigenvalue weighted by Crippen LogP contribution is 2.43. The first-order chi connectivity index (χ1) is 12.6. The number of hydrogen-bond donors (Lipinski definition) is 2. The standard InChI is InChI=1S/C19H19NO4S2/c21-17(20-15-6-2-13(3-7-15)18(22)23)12-24-16-8-4-14(5-9-16)19-25-10-1-11-26-19/h2-9,19H,1,10-12H2,(H,20,21)(H,22,23). The number of carboxylic acid groups (broad SMARTS) is 1. The molecule has 2 aromatic carbocycles. The topological polar surface area (TPSA) is 75.6 Å². The molecule has 2 aromatic rings. The van der Waals surface area contributed by atoms with E-state index in [9.17, 15) is 9.59 Å². The van der Waals surface area contributed by atoms with E-state index in [0.717, 1.165) is 0 Å². The smallest absolute Gasteiger partial charge is 0.335 e. The van der Waals surface area contributed by atoms with E-state index in [-0.39, 0.29) is 18.1 Å². The molecule has 1 amide bonds. The third-order valence-electron chi connectivity index (χ3n) is 3.76. The summed E-state index contributed by atoms with van der Waals surface area (Å²) in [7, 11) is 0. The molecule has 1 fully saturated rings. The maximum Gasteiger partial charge on any atom is 0.335 e.